The van der Waals surface area contributed by atoms with Crippen LogP contribution >= 0.6 is 0 Å². The van der Waals surface area contributed by atoms with Crippen LogP contribution in [0.4, 0.5) is 4.39 Å². The van der Waals surface area contributed by atoms with Crippen LogP contribution in [0.2, 0.25) is 0 Å². The highest BCUT2D eigenvalue weighted by Gasteiger charge is 2.20. The molecule has 0 unspecified atom stereocenters. The van der Waals surface area contributed by atoms with Crippen molar-refractivity contribution in [2.45, 2.75) is 6.92 Å². The van der Waals surface area contributed by atoms with Gasteiger partial charge in [-0.15, -0.1) is 0 Å². The van der Waals surface area contributed by atoms with Crippen molar-refractivity contribution in [3.63, 3.8) is 0 Å². The lowest BCUT2D eigenvalue weighted by atomic mass is 10.0. The number of aromatic amines is 1. The molecule has 1 aromatic heterocycles. The van der Waals surface area contributed by atoms with E-state index in [0.717, 1.165) is 11.3 Å². The molecule has 4 nitrogen and oxygen atoms in total. The van der Waals surface area contributed by atoms with Gasteiger partial charge in [-0.1, -0.05) is 0 Å². The van der Waals surface area contributed by atoms with Crippen molar-refractivity contribution in [3.8, 4) is 22.6 Å². The smallest absolute Gasteiger partial charge is 0.169 e. The van der Waals surface area contributed by atoms with Gasteiger partial charge in [0.15, 0.2) is 11.5 Å². The van der Waals surface area contributed by atoms with Crippen LogP contribution in [0.15, 0.2) is 18.3 Å². The fraction of sp³-hybridized carbons (Fsp3) is 0.250. The number of nitrogens with zero attached hydrogens (tertiary/aromatic N) is 1. The van der Waals surface area contributed by atoms with Gasteiger partial charge in [-0.2, -0.15) is 5.10 Å². The first kappa shape index (κ1) is 10.1. The molecule has 2 aromatic rings. The number of halogens is 1. The largest absolute Gasteiger partial charge is 0.486 e. The molecule has 0 fully saturated rings. The summed E-state index contributed by atoms with van der Waals surface area (Å²) in [4.78, 5) is 0. The Labute approximate surface area is 97.4 Å². The highest BCUT2D eigenvalue weighted by atomic mass is 19.1. The second kappa shape index (κ2) is 3.76. The summed E-state index contributed by atoms with van der Waals surface area (Å²) >= 11 is 0. The number of aryl methyl sites for hydroxylation is 1. The average Bonchev–Trinajstić information content (AvgIpc) is 2.74. The number of aromatic nitrogens is 2. The number of hydrogen-bond donors (Lipinski definition) is 1. The maximum Gasteiger partial charge on any atom is 0.169 e. The molecule has 3 rings (SSSR count). The number of nitrogens with one attached hydrogen (secondary N) is 1. The Balaban J connectivity index is 2.22. The third-order valence-electron chi connectivity index (χ3n) is 2.73. The van der Waals surface area contributed by atoms with Gasteiger partial charge in [-0.25, -0.2) is 4.39 Å². The molecule has 1 aliphatic rings. The van der Waals surface area contributed by atoms with Crippen molar-refractivity contribution in [1.29, 1.82) is 0 Å². The standard InChI is InChI=1S/C12H11FN2O2/c1-7-10(6-14-15-7)9-4-8(13)5-11-12(9)17-3-2-16-11/h4-6H,2-3H2,1H3,(H,14,15). The fourth-order valence-corrected chi connectivity index (χ4v) is 1.94. The second-order valence-electron chi connectivity index (χ2n) is 3.89. The maximum atomic E-state index is 13.5. The maximum absolute atomic E-state index is 13.5. The van der Waals surface area contributed by atoms with Crippen LogP contribution in [0.5, 0.6) is 11.5 Å². The number of H-pyrrole nitrogens is 1. The topological polar surface area (TPSA) is 47.1 Å². The zero-order chi connectivity index (χ0) is 11.8. The molecule has 17 heavy (non-hydrogen) atoms. The summed E-state index contributed by atoms with van der Waals surface area (Å²) in [6.07, 6.45) is 1.66. The third-order valence-corrected chi connectivity index (χ3v) is 2.73. The van der Waals surface area contributed by atoms with E-state index in [1.807, 2.05) is 6.92 Å². The van der Waals surface area contributed by atoms with Crippen molar-refractivity contribution in [3.05, 3.63) is 29.8 Å². The quantitative estimate of drug-likeness (QED) is 0.823. The van der Waals surface area contributed by atoms with Gasteiger partial charge in [-0.3, -0.25) is 5.10 Å². The number of rotatable bonds is 1. The van der Waals surface area contributed by atoms with E-state index in [0.29, 0.717) is 30.3 Å². The number of benzene rings is 1. The van der Waals surface area contributed by atoms with Crippen LogP contribution in [-0.2, 0) is 0 Å². The van der Waals surface area contributed by atoms with E-state index in [1.165, 1.54) is 12.1 Å². The Hall–Kier alpha value is -2.04. The summed E-state index contributed by atoms with van der Waals surface area (Å²) in [5.41, 5.74) is 2.36. The second-order valence-corrected chi connectivity index (χ2v) is 3.89. The van der Waals surface area contributed by atoms with Crippen LogP contribution in [0.25, 0.3) is 11.1 Å². The first-order valence-electron chi connectivity index (χ1n) is 5.35. The van der Waals surface area contributed by atoms with Gasteiger partial charge in [0.25, 0.3) is 0 Å². The summed E-state index contributed by atoms with van der Waals surface area (Å²) in [5.74, 6) is 0.693. The van der Waals surface area contributed by atoms with E-state index >= 15 is 0 Å². The minimum absolute atomic E-state index is 0.343. The van der Waals surface area contributed by atoms with Gasteiger partial charge < -0.3 is 9.47 Å². The molecule has 1 N–H and O–H groups in total. The monoisotopic (exact) mass is 234 g/mol. The molecule has 5 heteroatoms. The summed E-state index contributed by atoms with van der Waals surface area (Å²) in [6.45, 7) is 2.80. The number of ether oxygens (including phenoxy) is 2. The van der Waals surface area contributed by atoms with Crippen molar-refractivity contribution in [1.82, 2.24) is 10.2 Å². The molecule has 0 spiro atoms. The predicted molar refractivity (Wildman–Crippen MR) is 59.7 cm³/mol. The molecule has 0 bridgehead atoms. The number of fused-ring (bicyclic) bond motifs is 1. The van der Waals surface area contributed by atoms with E-state index in [4.69, 9.17) is 9.47 Å². The average molecular weight is 234 g/mol. The molecule has 1 aliphatic heterocycles. The molecule has 0 aliphatic carbocycles. The molecular formula is C12H11FN2O2. The van der Waals surface area contributed by atoms with Gasteiger partial charge in [0, 0.05) is 22.9 Å². The van der Waals surface area contributed by atoms with Gasteiger partial charge in [-0.05, 0) is 13.0 Å². The summed E-state index contributed by atoms with van der Waals surface area (Å²) in [5, 5.41) is 6.76. The number of hydrogen-bond acceptors (Lipinski definition) is 3. The Morgan fingerprint density at radius 3 is 2.82 bits per heavy atom. The zero-order valence-electron chi connectivity index (χ0n) is 9.29. The SMILES string of the molecule is Cc1[nH]ncc1-c1cc(F)cc2c1OCCO2. The highest BCUT2D eigenvalue weighted by Crippen LogP contribution is 2.41. The fourth-order valence-electron chi connectivity index (χ4n) is 1.94. The Kier molecular flexibility index (Phi) is 2.24. The van der Waals surface area contributed by atoms with Crippen LogP contribution in [-0.4, -0.2) is 23.4 Å². The van der Waals surface area contributed by atoms with E-state index in [1.54, 1.807) is 6.20 Å². The van der Waals surface area contributed by atoms with Gasteiger partial charge in [0.2, 0.25) is 0 Å². The van der Waals surface area contributed by atoms with Crippen molar-refractivity contribution < 1.29 is 13.9 Å². The molecule has 0 saturated carbocycles. The molecule has 0 radical (unpaired) electrons. The summed E-state index contributed by atoms with van der Waals surface area (Å²) < 4.78 is 24.5. The Morgan fingerprint density at radius 1 is 1.24 bits per heavy atom. The van der Waals surface area contributed by atoms with Crippen molar-refractivity contribution >= 4 is 0 Å². The molecule has 88 valence electrons. The van der Waals surface area contributed by atoms with Crippen LogP contribution in [0.3, 0.4) is 0 Å². The minimum atomic E-state index is -0.343. The molecule has 1 aromatic carbocycles. The summed E-state index contributed by atoms with van der Waals surface area (Å²) in [6, 6.07) is 2.78. The lowest BCUT2D eigenvalue weighted by Gasteiger charge is -2.21. The van der Waals surface area contributed by atoms with Crippen LogP contribution in [0, 0.1) is 12.7 Å². The van der Waals surface area contributed by atoms with Crippen LogP contribution < -0.4 is 9.47 Å². The Morgan fingerprint density at radius 2 is 2.06 bits per heavy atom. The molecular weight excluding hydrogens is 223 g/mol. The lowest BCUT2D eigenvalue weighted by Crippen LogP contribution is -2.16. The van der Waals surface area contributed by atoms with Crippen molar-refractivity contribution in [2.24, 2.45) is 0 Å². The summed E-state index contributed by atoms with van der Waals surface area (Å²) in [7, 11) is 0. The normalized spacial score (nSPS) is 13.8. The first-order valence-corrected chi connectivity index (χ1v) is 5.35. The highest BCUT2D eigenvalue weighted by molar-refractivity contribution is 5.75. The van der Waals surface area contributed by atoms with Gasteiger partial charge in [0.05, 0.1) is 6.20 Å². The predicted octanol–water partition coefficient (Wildman–Crippen LogP) is 2.30. The first-order chi connectivity index (χ1) is 8.25. The minimum Gasteiger partial charge on any atom is -0.486 e. The molecule has 0 atom stereocenters. The third kappa shape index (κ3) is 1.63. The zero-order valence-corrected chi connectivity index (χ0v) is 9.29. The van der Waals surface area contributed by atoms with E-state index in [9.17, 15) is 4.39 Å². The van der Waals surface area contributed by atoms with E-state index in [-0.39, 0.29) is 5.82 Å². The Bertz CT molecular complexity index is 566. The van der Waals surface area contributed by atoms with Crippen molar-refractivity contribution in [2.75, 3.05) is 13.2 Å². The van der Waals surface area contributed by atoms with Gasteiger partial charge in [0.1, 0.15) is 19.0 Å². The molecule has 2 heterocycles. The van der Waals surface area contributed by atoms with Gasteiger partial charge >= 0.3 is 0 Å². The van der Waals surface area contributed by atoms with E-state index in [2.05, 4.69) is 10.2 Å². The van der Waals surface area contributed by atoms with E-state index < -0.39 is 0 Å². The lowest BCUT2D eigenvalue weighted by molar-refractivity contribution is 0.171. The molecule has 0 saturated heterocycles. The molecule has 0 amide bonds. The van der Waals surface area contributed by atoms with Crippen LogP contribution in [0.1, 0.15) is 5.69 Å².